The molecule has 0 aliphatic carbocycles. The highest BCUT2D eigenvalue weighted by Crippen LogP contribution is 2.38. The molecule has 1 saturated heterocycles. The predicted octanol–water partition coefficient (Wildman–Crippen LogP) is 2.01. The number of aliphatic hydroxyl groups is 1. The first-order chi connectivity index (χ1) is 10.3. The van der Waals surface area contributed by atoms with Crippen LogP contribution in [0.5, 0.6) is 0 Å². The zero-order valence-corrected chi connectivity index (χ0v) is 13.8. The van der Waals surface area contributed by atoms with Crippen LogP contribution in [0.2, 0.25) is 0 Å². The van der Waals surface area contributed by atoms with E-state index in [1.807, 2.05) is 25.7 Å². The smallest absolute Gasteiger partial charge is 0.223 e. The van der Waals surface area contributed by atoms with E-state index in [1.165, 1.54) is 11.1 Å². The molecule has 4 heteroatoms. The lowest BCUT2D eigenvalue weighted by atomic mass is 9.79. The SMILES string of the molecule is CC1(C)CN(C(=O)CCN2Cc3ccccc3C2)C[C@]1(C)O. The van der Waals surface area contributed by atoms with Gasteiger partial charge in [0.05, 0.1) is 5.60 Å². The van der Waals surface area contributed by atoms with Crippen LogP contribution in [0.3, 0.4) is 0 Å². The van der Waals surface area contributed by atoms with E-state index in [1.54, 1.807) is 0 Å². The minimum Gasteiger partial charge on any atom is -0.388 e. The summed E-state index contributed by atoms with van der Waals surface area (Å²) >= 11 is 0. The van der Waals surface area contributed by atoms with E-state index < -0.39 is 5.60 Å². The van der Waals surface area contributed by atoms with Crippen LogP contribution < -0.4 is 0 Å². The largest absolute Gasteiger partial charge is 0.388 e. The Hall–Kier alpha value is -1.39. The number of carbonyl (C=O) groups is 1. The van der Waals surface area contributed by atoms with Gasteiger partial charge in [-0.25, -0.2) is 0 Å². The van der Waals surface area contributed by atoms with Crippen molar-refractivity contribution in [3.8, 4) is 0 Å². The van der Waals surface area contributed by atoms with E-state index >= 15 is 0 Å². The number of fused-ring (bicyclic) bond motifs is 1. The average molecular weight is 302 g/mol. The van der Waals surface area contributed by atoms with Crippen LogP contribution in [0, 0.1) is 5.41 Å². The van der Waals surface area contributed by atoms with Gasteiger partial charge in [-0.3, -0.25) is 9.69 Å². The second-order valence-electron chi connectivity index (χ2n) is 7.64. The summed E-state index contributed by atoms with van der Waals surface area (Å²) in [5, 5.41) is 10.4. The number of benzene rings is 1. The molecule has 0 aromatic heterocycles. The summed E-state index contributed by atoms with van der Waals surface area (Å²) in [5.74, 6) is 0.154. The zero-order chi connectivity index (χ0) is 16.0. The predicted molar refractivity (Wildman–Crippen MR) is 86.2 cm³/mol. The summed E-state index contributed by atoms with van der Waals surface area (Å²) in [6, 6.07) is 8.47. The van der Waals surface area contributed by atoms with Crippen LogP contribution in [0.15, 0.2) is 24.3 Å². The van der Waals surface area contributed by atoms with E-state index in [2.05, 4.69) is 29.2 Å². The molecule has 1 atom stereocenters. The normalized spacial score (nSPS) is 27.2. The van der Waals surface area contributed by atoms with E-state index in [0.717, 1.165) is 19.6 Å². The fourth-order valence-corrected chi connectivity index (χ4v) is 3.44. The van der Waals surface area contributed by atoms with E-state index in [0.29, 0.717) is 19.5 Å². The zero-order valence-electron chi connectivity index (χ0n) is 13.8. The Bertz CT molecular complexity index is 539. The standard InChI is InChI=1S/C18H26N2O2/c1-17(2)12-20(13-18(17,3)22)16(21)8-9-19-10-14-6-4-5-7-15(14)11-19/h4-7,22H,8-13H2,1-3H3/t18-/m0/s1. The minimum atomic E-state index is -0.799. The van der Waals surface area contributed by atoms with Crippen molar-refractivity contribution in [2.24, 2.45) is 5.41 Å². The van der Waals surface area contributed by atoms with Gasteiger partial charge >= 0.3 is 0 Å². The minimum absolute atomic E-state index is 0.154. The Morgan fingerprint density at radius 2 is 1.73 bits per heavy atom. The van der Waals surface area contributed by atoms with Gasteiger partial charge in [-0.2, -0.15) is 0 Å². The molecule has 3 rings (SSSR count). The third kappa shape index (κ3) is 2.77. The molecule has 1 amide bonds. The third-order valence-electron chi connectivity index (χ3n) is 5.44. The summed E-state index contributed by atoms with van der Waals surface area (Å²) in [7, 11) is 0. The Morgan fingerprint density at radius 1 is 1.14 bits per heavy atom. The Labute approximate surface area is 132 Å². The molecular weight excluding hydrogens is 276 g/mol. The van der Waals surface area contributed by atoms with Gasteiger partial charge in [-0.15, -0.1) is 0 Å². The highest BCUT2D eigenvalue weighted by Gasteiger charge is 2.48. The lowest BCUT2D eigenvalue weighted by Gasteiger charge is -2.30. The fourth-order valence-electron chi connectivity index (χ4n) is 3.44. The van der Waals surface area contributed by atoms with Crippen LogP contribution >= 0.6 is 0 Å². The number of carbonyl (C=O) groups excluding carboxylic acids is 1. The average Bonchev–Trinajstić information content (AvgIpc) is 2.94. The van der Waals surface area contributed by atoms with Gasteiger partial charge < -0.3 is 10.0 Å². The maximum absolute atomic E-state index is 12.4. The number of β-amino-alcohol motifs (C(OH)–C–C–N with tert-alkyl or cyclic N) is 1. The number of nitrogens with zero attached hydrogens (tertiary/aromatic N) is 2. The highest BCUT2D eigenvalue weighted by molar-refractivity contribution is 5.77. The maximum Gasteiger partial charge on any atom is 0.223 e. The van der Waals surface area contributed by atoms with Gasteiger partial charge in [0.1, 0.15) is 0 Å². The number of hydrogen-bond donors (Lipinski definition) is 1. The molecule has 1 fully saturated rings. The van der Waals surface area contributed by atoms with Crippen LogP contribution in [0.4, 0.5) is 0 Å². The summed E-state index contributed by atoms with van der Waals surface area (Å²) in [6.45, 7) is 9.62. The highest BCUT2D eigenvalue weighted by atomic mass is 16.3. The molecular formula is C18H26N2O2. The molecule has 4 nitrogen and oxygen atoms in total. The number of rotatable bonds is 3. The Morgan fingerprint density at radius 3 is 2.23 bits per heavy atom. The van der Waals surface area contributed by atoms with Gasteiger partial charge in [-0.1, -0.05) is 38.1 Å². The molecule has 1 aromatic rings. The molecule has 120 valence electrons. The monoisotopic (exact) mass is 302 g/mol. The van der Waals surface area contributed by atoms with Crippen molar-refractivity contribution in [3.05, 3.63) is 35.4 Å². The van der Waals surface area contributed by atoms with Crippen molar-refractivity contribution >= 4 is 5.91 Å². The fraction of sp³-hybridized carbons (Fsp3) is 0.611. The first-order valence-corrected chi connectivity index (χ1v) is 8.08. The summed E-state index contributed by atoms with van der Waals surface area (Å²) < 4.78 is 0. The second kappa shape index (κ2) is 5.36. The topological polar surface area (TPSA) is 43.8 Å². The molecule has 0 spiro atoms. The molecule has 2 aliphatic heterocycles. The molecule has 2 aliphatic rings. The van der Waals surface area contributed by atoms with Gasteiger partial charge in [-0.05, 0) is 18.1 Å². The first-order valence-electron chi connectivity index (χ1n) is 8.08. The molecule has 1 aromatic carbocycles. The molecule has 22 heavy (non-hydrogen) atoms. The van der Waals surface area contributed by atoms with E-state index in [-0.39, 0.29) is 11.3 Å². The van der Waals surface area contributed by atoms with Crippen molar-refractivity contribution in [3.63, 3.8) is 0 Å². The molecule has 1 N–H and O–H groups in total. The van der Waals surface area contributed by atoms with Gasteiger partial charge in [0, 0.05) is 44.6 Å². The number of amides is 1. The van der Waals surface area contributed by atoms with Crippen LogP contribution in [0.25, 0.3) is 0 Å². The van der Waals surface area contributed by atoms with Crippen LogP contribution in [-0.2, 0) is 17.9 Å². The number of likely N-dealkylation sites (tertiary alicyclic amines) is 1. The van der Waals surface area contributed by atoms with Gasteiger partial charge in [0.15, 0.2) is 0 Å². The van der Waals surface area contributed by atoms with E-state index in [9.17, 15) is 9.90 Å². The summed E-state index contributed by atoms with van der Waals surface area (Å²) in [6.07, 6.45) is 0.528. The number of hydrogen-bond acceptors (Lipinski definition) is 3. The second-order valence-corrected chi connectivity index (χ2v) is 7.64. The van der Waals surface area contributed by atoms with Crippen molar-refractivity contribution in [2.75, 3.05) is 19.6 Å². The van der Waals surface area contributed by atoms with Crippen molar-refractivity contribution in [1.29, 1.82) is 0 Å². The summed E-state index contributed by atoms with van der Waals surface area (Å²) in [5.41, 5.74) is 1.71. The first kappa shape index (κ1) is 15.5. The van der Waals surface area contributed by atoms with Crippen molar-refractivity contribution in [2.45, 2.75) is 45.9 Å². The van der Waals surface area contributed by atoms with Gasteiger partial charge in [0.2, 0.25) is 5.91 Å². The lowest BCUT2D eigenvalue weighted by molar-refractivity contribution is -0.131. The lowest BCUT2D eigenvalue weighted by Crippen LogP contribution is -2.40. The third-order valence-corrected chi connectivity index (χ3v) is 5.44. The van der Waals surface area contributed by atoms with Gasteiger partial charge in [0.25, 0.3) is 0 Å². The Balaban J connectivity index is 1.52. The molecule has 0 bridgehead atoms. The molecule has 0 radical (unpaired) electrons. The van der Waals surface area contributed by atoms with E-state index in [4.69, 9.17) is 0 Å². The molecule has 2 heterocycles. The molecule has 0 unspecified atom stereocenters. The quantitative estimate of drug-likeness (QED) is 0.929. The summed E-state index contributed by atoms with van der Waals surface area (Å²) in [4.78, 5) is 16.6. The van der Waals surface area contributed by atoms with Crippen molar-refractivity contribution < 1.29 is 9.90 Å². The van der Waals surface area contributed by atoms with Crippen LogP contribution in [0.1, 0.15) is 38.3 Å². The maximum atomic E-state index is 12.4. The van der Waals surface area contributed by atoms with Crippen molar-refractivity contribution in [1.82, 2.24) is 9.80 Å². The van der Waals surface area contributed by atoms with Crippen LogP contribution in [-0.4, -0.2) is 46.0 Å². The Kier molecular flexibility index (Phi) is 3.77. The molecule has 0 saturated carbocycles.